The number of carbonyl (C=O) groups excluding carboxylic acids is 2. The molecule has 1 fully saturated rings. The van der Waals surface area contributed by atoms with Gasteiger partial charge in [-0.2, -0.15) is 0 Å². The molecule has 0 spiro atoms. The molecule has 0 saturated carbocycles. The monoisotopic (exact) mass is 401 g/mol. The van der Waals surface area contributed by atoms with Crippen molar-refractivity contribution in [3.63, 3.8) is 0 Å². The number of hydrogen-bond donors (Lipinski definition) is 0. The molecule has 134 valence electrons. The molecule has 5 nitrogen and oxygen atoms in total. The summed E-state index contributed by atoms with van der Waals surface area (Å²) in [4.78, 5) is 26.5. The smallest absolute Gasteiger partial charge is 0.350 e. The van der Waals surface area contributed by atoms with E-state index in [9.17, 15) is 9.59 Å². The quantitative estimate of drug-likeness (QED) is 0.729. The van der Waals surface area contributed by atoms with Gasteiger partial charge in [-0.25, -0.2) is 4.79 Å². The maximum Gasteiger partial charge on any atom is 0.350 e. The van der Waals surface area contributed by atoms with Crippen LogP contribution in [0.15, 0.2) is 18.2 Å². The van der Waals surface area contributed by atoms with Crippen LogP contribution in [0.1, 0.15) is 23.5 Å². The van der Waals surface area contributed by atoms with E-state index in [1.54, 1.807) is 23.1 Å². The van der Waals surface area contributed by atoms with Crippen LogP contribution in [0, 0.1) is 0 Å². The topological polar surface area (TPSA) is 55.8 Å². The van der Waals surface area contributed by atoms with Crippen molar-refractivity contribution < 1.29 is 19.1 Å². The second-order valence-corrected chi connectivity index (χ2v) is 7.88. The van der Waals surface area contributed by atoms with E-state index in [2.05, 4.69) is 0 Å². The molecule has 2 atom stereocenters. The fourth-order valence-electron chi connectivity index (χ4n) is 2.84. The standard InChI is InChI=1S/C17H17Cl2NO4S/c1-9-6-20(7-10(2)24-9)14(21)8-23-17(22)16-15(19)12-4-3-11(18)5-13(12)25-16/h3-5,9-10H,6-8H2,1-2H3/t9-,10-/m1/s1. The normalized spacial score (nSPS) is 20.7. The van der Waals surface area contributed by atoms with Gasteiger partial charge in [0, 0.05) is 28.2 Å². The number of thiophene rings is 1. The number of nitrogens with zero attached hydrogens (tertiary/aromatic N) is 1. The summed E-state index contributed by atoms with van der Waals surface area (Å²) in [5.41, 5.74) is 0. The van der Waals surface area contributed by atoms with Crippen LogP contribution in [0.3, 0.4) is 0 Å². The van der Waals surface area contributed by atoms with E-state index >= 15 is 0 Å². The van der Waals surface area contributed by atoms with Crippen molar-refractivity contribution in [2.75, 3.05) is 19.7 Å². The number of halogens is 2. The van der Waals surface area contributed by atoms with Gasteiger partial charge in [0.1, 0.15) is 4.88 Å². The fourth-order valence-corrected chi connectivity index (χ4v) is 4.51. The van der Waals surface area contributed by atoms with Gasteiger partial charge in [-0.15, -0.1) is 11.3 Å². The van der Waals surface area contributed by atoms with Gasteiger partial charge >= 0.3 is 5.97 Å². The van der Waals surface area contributed by atoms with Crippen molar-refractivity contribution in [3.05, 3.63) is 33.1 Å². The number of esters is 1. The molecule has 1 aromatic carbocycles. The Balaban J connectivity index is 1.66. The van der Waals surface area contributed by atoms with Crippen molar-refractivity contribution >= 4 is 56.5 Å². The molecule has 1 aromatic heterocycles. The number of hydrogen-bond acceptors (Lipinski definition) is 5. The minimum Gasteiger partial charge on any atom is -0.451 e. The van der Waals surface area contributed by atoms with Crippen molar-refractivity contribution in [2.45, 2.75) is 26.1 Å². The highest BCUT2D eigenvalue weighted by Crippen LogP contribution is 2.37. The lowest BCUT2D eigenvalue weighted by Gasteiger charge is -2.35. The molecule has 1 aliphatic rings. The van der Waals surface area contributed by atoms with Gasteiger partial charge in [0.25, 0.3) is 5.91 Å². The third kappa shape index (κ3) is 4.08. The van der Waals surface area contributed by atoms with Gasteiger partial charge in [0.2, 0.25) is 0 Å². The minimum atomic E-state index is -0.606. The zero-order valence-corrected chi connectivity index (χ0v) is 16.1. The van der Waals surface area contributed by atoms with Crippen LogP contribution >= 0.6 is 34.5 Å². The first-order chi connectivity index (χ1) is 11.8. The molecule has 3 rings (SSSR count). The number of fused-ring (bicyclic) bond motifs is 1. The number of rotatable bonds is 3. The predicted molar refractivity (Wildman–Crippen MR) is 98.7 cm³/mol. The van der Waals surface area contributed by atoms with Crippen LogP contribution in [0.2, 0.25) is 10.0 Å². The van der Waals surface area contributed by atoms with E-state index in [4.69, 9.17) is 32.7 Å². The number of carbonyl (C=O) groups is 2. The molecule has 1 saturated heterocycles. The lowest BCUT2D eigenvalue weighted by Crippen LogP contribution is -2.49. The Hall–Kier alpha value is -1.34. The van der Waals surface area contributed by atoms with Crippen molar-refractivity contribution in [1.82, 2.24) is 4.90 Å². The highest BCUT2D eigenvalue weighted by atomic mass is 35.5. The number of ether oxygens (including phenoxy) is 2. The van der Waals surface area contributed by atoms with E-state index in [1.807, 2.05) is 13.8 Å². The van der Waals surface area contributed by atoms with E-state index in [-0.39, 0.29) is 29.6 Å². The van der Waals surface area contributed by atoms with Crippen LogP contribution in [-0.4, -0.2) is 48.7 Å². The van der Waals surface area contributed by atoms with Gasteiger partial charge in [-0.3, -0.25) is 4.79 Å². The second kappa shape index (κ2) is 7.50. The first-order valence-electron chi connectivity index (χ1n) is 7.83. The largest absolute Gasteiger partial charge is 0.451 e. The average Bonchev–Trinajstić information content (AvgIpc) is 2.87. The highest BCUT2D eigenvalue weighted by Gasteiger charge is 2.27. The van der Waals surface area contributed by atoms with E-state index in [1.165, 1.54) is 11.3 Å². The molecule has 1 aliphatic heterocycles. The van der Waals surface area contributed by atoms with E-state index < -0.39 is 5.97 Å². The van der Waals surface area contributed by atoms with Crippen LogP contribution in [0.25, 0.3) is 10.1 Å². The summed E-state index contributed by atoms with van der Waals surface area (Å²) in [6.07, 6.45) is -0.0737. The molecular weight excluding hydrogens is 385 g/mol. The summed E-state index contributed by atoms with van der Waals surface area (Å²) < 4.78 is 11.6. The molecule has 0 N–H and O–H groups in total. The first kappa shape index (κ1) is 18.5. The summed E-state index contributed by atoms with van der Waals surface area (Å²) in [7, 11) is 0. The maximum atomic E-state index is 12.3. The Kier molecular flexibility index (Phi) is 5.53. The summed E-state index contributed by atoms with van der Waals surface area (Å²) in [6, 6.07) is 5.21. The fraction of sp³-hybridized carbons (Fsp3) is 0.412. The van der Waals surface area contributed by atoms with Crippen molar-refractivity contribution in [1.29, 1.82) is 0 Å². The molecule has 0 aliphatic carbocycles. The third-order valence-electron chi connectivity index (χ3n) is 3.88. The molecule has 2 aromatic rings. The zero-order valence-electron chi connectivity index (χ0n) is 13.8. The maximum absolute atomic E-state index is 12.3. The Bertz CT molecular complexity index is 812. The summed E-state index contributed by atoms with van der Waals surface area (Å²) in [5, 5.41) is 1.63. The SMILES string of the molecule is C[C@@H]1CN(C(=O)COC(=O)c2sc3cc(Cl)ccc3c2Cl)C[C@@H](C)O1. The van der Waals surface area contributed by atoms with Crippen LogP contribution in [-0.2, 0) is 14.3 Å². The Morgan fingerprint density at radius 2 is 1.96 bits per heavy atom. The highest BCUT2D eigenvalue weighted by molar-refractivity contribution is 7.21. The second-order valence-electron chi connectivity index (χ2n) is 6.02. The average molecular weight is 402 g/mol. The Labute approximate surface area is 159 Å². The lowest BCUT2D eigenvalue weighted by atomic mass is 10.2. The Morgan fingerprint density at radius 1 is 1.28 bits per heavy atom. The molecule has 0 bridgehead atoms. The minimum absolute atomic E-state index is 0.0369. The lowest BCUT2D eigenvalue weighted by molar-refractivity contribution is -0.146. The molecule has 1 amide bonds. The third-order valence-corrected chi connectivity index (χ3v) is 5.75. The van der Waals surface area contributed by atoms with Crippen LogP contribution in [0.5, 0.6) is 0 Å². The van der Waals surface area contributed by atoms with Gasteiger partial charge in [0.05, 0.1) is 17.2 Å². The Morgan fingerprint density at radius 3 is 2.64 bits per heavy atom. The molecule has 0 radical (unpaired) electrons. The van der Waals surface area contributed by atoms with Crippen molar-refractivity contribution in [2.24, 2.45) is 0 Å². The summed E-state index contributed by atoms with van der Waals surface area (Å²) in [6.45, 7) is 4.48. The molecule has 8 heteroatoms. The van der Waals surface area contributed by atoms with Crippen molar-refractivity contribution in [3.8, 4) is 0 Å². The zero-order chi connectivity index (χ0) is 18.1. The number of benzene rings is 1. The van der Waals surface area contributed by atoms with Gasteiger partial charge in [-0.1, -0.05) is 29.3 Å². The van der Waals surface area contributed by atoms with Crippen LogP contribution < -0.4 is 0 Å². The van der Waals surface area contributed by atoms with E-state index in [0.717, 1.165) is 10.1 Å². The summed E-state index contributed by atoms with van der Waals surface area (Å²) >= 11 is 13.4. The van der Waals surface area contributed by atoms with Gasteiger partial charge in [-0.05, 0) is 26.0 Å². The summed E-state index contributed by atoms with van der Waals surface area (Å²) in [5.74, 6) is -0.847. The first-order valence-corrected chi connectivity index (χ1v) is 9.40. The molecule has 25 heavy (non-hydrogen) atoms. The van der Waals surface area contributed by atoms with E-state index in [0.29, 0.717) is 23.1 Å². The van der Waals surface area contributed by atoms with Gasteiger partial charge < -0.3 is 14.4 Å². The molecular formula is C17H17Cl2NO4S. The van der Waals surface area contributed by atoms with Gasteiger partial charge in [0.15, 0.2) is 6.61 Å². The van der Waals surface area contributed by atoms with Crippen LogP contribution in [0.4, 0.5) is 0 Å². The number of morpholine rings is 1. The molecule has 2 heterocycles. The molecule has 0 unspecified atom stereocenters. The predicted octanol–water partition coefficient (Wildman–Crippen LogP) is 4.00. The number of amides is 1.